The third-order valence-electron chi connectivity index (χ3n) is 3.23. The van der Waals surface area contributed by atoms with Crippen LogP contribution in [0.1, 0.15) is 31.9 Å². The molecule has 0 radical (unpaired) electrons. The van der Waals surface area contributed by atoms with Crippen molar-refractivity contribution in [2.75, 3.05) is 24.6 Å². The molecule has 0 bridgehead atoms. The molecule has 1 aromatic carbocycles. The molecule has 0 unspecified atom stereocenters. The number of carbonyl (C=O) groups is 2. The zero-order chi connectivity index (χ0) is 15.8. The average Bonchev–Trinajstić information content (AvgIpc) is 2.44. The maximum Gasteiger partial charge on any atom is 0.407 e. The number of alkyl carbamates (subject to hydrolysis) is 1. The van der Waals surface area contributed by atoms with Gasteiger partial charge in [0.25, 0.3) is 0 Å². The van der Waals surface area contributed by atoms with Gasteiger partial charge in [-0.1, -0.05) is 25.1 Å². The number of rotatable bonds is 6. The highest BCUT2D eigenvalue weighted by Crippen LogP contribution is 2.25. The third kappa shape index (κ3) is 4.77. The first-order valence-corrected chi connectivity index (χ1v) is 7.28. The number of aryl methyl sites for hydroxylation is 2. The summed E-state index contributed by atoms with van der Waals surface area (Å²) in [5.74, 6) is -0.0374. The Balaban J connectivity index is 2.83. The number of amides is 2. The highest BCUT2D eigenvalue weighted by atomic mass is 16.5. The van der Waals surface area contributed by atoms with E-state index in [1.54, 1.807) is 11.8 Å². The summed E-state index contributed by atoms with van der Waals surface area (Å²) in [6.45, 7) is 8.46. The minimum Gasteiger partial charge on any atom is -0.450 e. The molecule has 0 aromatic heterocycles. The highest BCUT2D eigenvalue weighted by Gasteiger charge is 2.17. The van der Waals surface area contributed by atoms with Crippen molar-refractivity contribution in [2.24, 2.45) is 0 Å². The van der Waals surface area contributed by atoms with Crippen LogP contribution >= 0.6 is 0 Å². The molecular formula is C16H24N2O3. The molecule has 2 amide bonds. The maximum absolute atomic E-state index is 11.9. The first-order chi connectivity index (χ1) is 10.0. The fraction of sp³-hybridized carbons (Fsp3) is 0.500. The largest absolute Gasteiger partial charge is 0.450 e. The molecule has 0 saturated carbocycles. The van der Waals surface area contributed by atoms with Crippen molar-refractivity contribution in [2.45, 2.75) is 34.1 Å². The topological polar surface area (TPSA) is 58.6 Å². The summed E-state index contributed by atoms with van der Waals surface area (Å²) in [7, 11) is 0. The Morgan fingerprint density at radius 1 is 1.29 bits per heavy atom. The minimum atomic E-state index is -0.457. The number of nitrogens with one attached hydrogen (secondary N) is 1. The minimum absolute atomic E-state index is 0.0374. The number of anilines is 1. The molecule has 0 saturated heterocycles. The van der Waals surface area contributed by atoms with E-state index in [2.05, 4.69) is 12.2 Å². The van der Waals surface area contributed by atoms with E-state index in [-0.39, 0.29) is 5.91 Å². The fourth-order valence-corrected chi connectivity index (χ4v) is 2.27. The van der Waals surface area contributed by atoms with Crippen LogP contribution < -0.4 is 10.2 Å². The van der Waals surface area contributed by atoms with Gasteiger partial charge in [-0.15, -0.1) is 0 Å². The van der Waals surface area contributed by atoms with Crippen molar-refractivity contribution in [1.82, 2.24) is 5.32 Å². The van der Waals surface area contributed by atoms with E-state index in [4.69, 9.17) is 4.74 Å². The zero-order valence-corrected chi connectivity index (χ0v) is 13.2. The number of hydrogen-bond acceptors (Lipinski definition) is 3. The van der Waals surface area contributed by atoms with Crippen LogP contribution in [0.15, 0.2) is 18.2 Å². The van der Waals surface area contributed by atoms with Crippen LogP contribution in [0.25, 0.3) is 0 Å². The van der Waals surface area contributed by atoms with Crippen LogP contribution in [-0.2, 0) is 16.0 Å². The number of nitrogens with zero attached hydrogens (tertiary/aromatic N) is 1. The smallest absolute Gasteiger partial charge is 0.407 e. The van der Waals surface area contributed by atoms with Gasteiger partial charge >= 0.3 is 6.09 Å². The molecule has 1 N–H and O–H groups in total. The normalized spacial score (nSPS) is 10.1. The first kappa shape index (κ1) is 17.0. The Kier molecular flexibility index (Phi) is 6.72. The lowest BCUT2D eigenvalue weighted by Gasteiger charge is -2.25. The van der Waals surface area contributed by atoms with Crippen molar-refractivity contribution in [3.8, 4) is 0 Å². The number of ether oxygens (including phenoxy) is 1. The average molecular weight is 292 g/mol. The Labute approximate surface area is 126 Å². The third-order valence-corrected chi connectivity index (χ3v) is 3.23. The summed E-state index contributed by atoms with van der Waals surface area (Å²) in [6, 6.07) is 6.01. The predicted octanol–water partition coefficient (Wildman–Crippen LogP) is 2.66. The summed E-state index contributed by atoms with van der Waals surface area (Å²) in [5, 5.41) is 2.64. The van der Waals surface area contributed by atoms with Crippen LogP contribution in [0, 0.1) is 6.92 Å². The van der Waals surface area contributed by atoms with E-state index in [1.807, 2.05) is 25.1 Å². The number of carbonyl (C=O) groups excluding carboxylic acids is 2. The highest BCUT2D eigenvalue weighted by molar-refractivity contribution is 5.93. The van der Waals surface area contributed by atoms with Crippen LogP contribution in [-0.4, -0.2) is 31.7 Å². The summed E-state index contributed by atoms with van der Waals surface area (Å²) < 4.78 is 4.81. The van der Waals surface area contributed by atoms with Gasteiger partial charge in [0, 0.05) is 25.7 Å². The van der Waals surface area contributed by atoms with Gasteiger partial charge in [-0.3, -0.25) is 4.79 Å². The molecule has 0 heterocycles. The second kappa shape index (κ2) is 8.29. The van der Waals surface area contributed by atoms with Gasteiger partial charge in [0.05, 0.1) is 6.61 Å². The van der Waals surface area contributed by atoms with E-state index in [0.29, 0.717) is 19.7 Å². The molecule has 5 nitrogen and oxygen atoms in total. The second-order valence-electron chi connectivity index (χ2n) is 4.75. The van der Waals surface area contributed by atoms with Gasteiger partial charge in [-0.2, -0.15) is 0 Å². The monoisotopic (exact) mass is 292 g/mol. The first-order valence-electron chi connectivity index (χ1n) is 7.28. The standard InChI is InChI=1S/C16H24N2O3/c1-5-14-9-7-8-12(3)15(14)18(13(4)19)11-10-17-16(20)21-6-2/h7-9H,5-6,10-11H2,1-4H3,(H,17,20). The fourth-order valence-electron chi connectivity index (χ4n) is 2.27. The maximum atomic E-state index is 11.9. The molecule has 0 spiro atoms. The van der Waals surface area contributed by atoms with Gasteiger partial charge in [0.2, 0.25) is 5.91 Å². The van der Waals surface area contributed by atoms with Gasteiger partial charge in [0.15, 0.2) is 0 Å². The summed E-state index contributed by atoms with van der Waals surface area (Å²) in [5.41, 5.74) is 3.13. The number of hydrogen-bond donors (Lipinski definition) is 1. The molecule has 0 aliphatic carbocycles. The molecule has 1 aromatic rings. The number of para-hydroxylation sites is 1. The molecule has 116 valence electrons. The molecule has 1 rings (SSSR count). The predicted molar refractivity (Wildman–Crippen MR) is 83.6 cm³/mol. The molecule has 0 aliphatic heterocycles. The Morgan fingerprint density at radius 3 is 2.57 bits per heavy atom. The van der Waals surface area contributed by atoms with Crippen LogP contribution in [0.5, 0.6) is 0 Å². The summed E-state index contributed by atoms with van der Waals surface area (Å²) >= 11 is 0. The Bertz CT molecular complexity index is 500. The van der Waals surface area contributed by atoms with E-state index in [0.717, 1.165) is 23.2 Å². The van der Waals surface area contributed by atoms with Crippen molar-refractivity contribution in [3.63, 3.8) is 0 Å². The molecule has 0 atom stereocenters. The Hall–Kier alpha value is -2.04. The SMILES string of the molecule is CCOC(=O)NCCN(C(C)=O)c1c(C)cccc1CC. The van der Waals surface area contributed by atoms with E-state index in [9.17, 15) is 9.59 Å². The summed E-state index contributed by atoms with van der Waals surface area (Å²) in [4.78, 5) is 24.9. The molecule has 21 heavy (non-hydrogen) atoms. The lowest BCUT2D eigenvalue weighted by Crippen LogP contribution is -2.38. The van der Waals surface area contributed by atoms with E-state index in [1.165, 1.54) is 6.92 Å². The van der Waals surface area contributed by atoms with Crippen molar-refractivity contribution < 1.29 is 14.3 Å². The Morgan fingerprint density at radius 2 is 2.00 bits per heavy atom. The van der Waals surface area contributed by atoms with Crippen LogP contribution in [0.3, 0.4) is 0 Å². The van der Waals surface area contributed by atoms with Crippen molar-refractivity contribution in [3.05, 3.63) is 29.3 Å². The van der Waals surface area contributed by atoms with E-state index < -0.39 is 6.09 Å². The lowest BCUT2D eigenvalue weighted by atomic mass is 10.0. The van der Waals surface area contributed by atoms with Crippen LogP contribution in [0.2, 0.25) is 0 Å². The molecular weight excluding hydrogens is 268 g/mol. The van der Waals surface area contributed by atoms with Gasteiger partial charge < -0.3 is 15.0 Å². The van der Waals surface area contributed by atoms with E-state index >= 15 is 0 Å². The molecule has 0 aliphatic rings. The number of benzene rings is 1. The van der Waals surface area contributed by atoms with Crippen LogP contribution in [0.4, 0.5) is 10.5 Å². The van der Waals surface area contributed by atoms with Gasteiger partial charge in [0.1, 0.15) is 0 Å². The quantitative estimate of drug-likeness (QED) is 0.877. The summed E-state index contributed by atoms with van der Waals surface area (Å²) in [6.07, 6.45) is 0.396. The zero-order valence-electron chi connectivity index (χ0n) is 13.2. The molecule has 5 heteroatoms. The van der Waals surface area contributed by atoms with Gasteiger partial charge in [-0.05, 0) is 31.4 Å². The van der Waals surface area contributed by atoms with Crippen molar-refractivity contribution in [1.29, 1.82) is 0 Å². The second-order valence-corrected chi connectivity index (χ2v) is 4.75. The van der Waals surface area contributed by atoms with Gasteiger partial charge in [-0.25, -0.2) is 4.79 Å². The molecule has 0 fully saturated rings. The lowest BCUT2D eigenvalue weighted by molar-refractivity contribution is -0.116. The van der Waals surface area contributed by atoms with Crippen molar-refractivity contribution >= 4 is 17.7 Å².